The van der Waals surface area contributed by atoms with Gasteiger partial charge in [0.15, 0.2) is 0 Å². The molecular formula is C17H19NO. The lowest BCUT2D eigenvalue weighted by atomic mass is 9.99. The Morgan fingerprint density at radius 2 is 1.95 bits per heavy atom. The van der Waals surface area contributed by atoms with Crippen LogP contribution in [0.1, 0.15) is 24.4 Å². The minimum absolute atomic E-state index is 0.157. The Morgan fingerprint density at radius 3 is 2.68 bits per heavy atom. The number of nitrogens with one attached hydrogen (secondary N) is 1. The molecule has 1 aliphatic heterocycles. The zero-order chi connectivity index (χ0) is 13.1. The smallest absolute Gasteiger partial charge is 0.113 e. The Bertz CT molecular complexity index is 603. The molecule has 2 nitrogen and oxygen atoms in total. The summed E-state index contributed by atoms with van der Waals surface area (Å²) < 4.78 is 5.80. The largest absolute Gasteiger partial charge is 0.496 e. The fourth-order valence-corrected chi connectivity index (χ4v) is 2.64. The number of hydrogen-bond donors (Lipinski definition) is 1. The van der Waals surface area contributed by atoms with E-state index in [0.717, 1.165) is 25.2 Å². The molecule has 1 unspecified atom stereocenters. The molecule has 0 saturated carbocycles. The van der Waals surface area contributed by atoms with E-state index >= 15 is 0 Å². The summed E-state index contributed by atoms with van der Waals surface area (Å²) in [6.07, 6.45) is 4.44. The van der Waals surface area contributed by atoms with Crippen molar-refractivity contribution in [3.8, 4) is 0 Å². The SMILES string of the molecule is CNC(C1=CCCCO1)c1ccc2ccccc2c1. The fourth-order valence-electron chi connectivity index (χ4n) is 2.64. The number of fused-ring (bicyclic) bond motifs is 1. The van der Waals surface area contributed by atoms with Gasteiger partial charge < -0.3 is 10.1 Å². The van der Waals surface area contributed by atoms with E-state index in [-0.39, 0.29) is 6.04 Å². The Hall–Kier alpha value is -1.80. The molecule has 0 bridgehead atoms. The van der Waals surface area contributed by atoms with E-state index in [4.69, 9.17) is 4.74 Å². The number of hydrogen-bond acceptors (Lipinski definition) is 2. The molecule has 2 aromatic rings. The normalized spacial score (nSPS) is 16.8. The molecule has 98 valence electrons. The molecule has 0 spiro atoms. The van der Waals surface area contributed by atoms with Crippen LogP contribution in [-0.4, -0.2) is 13.7 Å². The lowest BCUT2D eigenvalue weighted by Crippen LogP contribution is -2.22. The van der Waals surface area contributed by atoms with Crippen LogP contribution in [0, 0.1) is 0 Å². The molecule has 2 heteroatoms. The van der Waals surface area contributed by atoms with Gasteiger partial charge in [0, 0.05) is 0 Å². The van der Waals surface area contributed by atoms with Gasteiger partial charge >= 0.3 is 0 Å². The second-order valence-electron chi connectivity index (χ2n) is 4.93. The maximum absolute atomic E-state index is 5.80. The fraction of sp³-hybridized carbons (Fsp3) is 0.294. The number of likely N-dealkylation sites (N-methyl/N-ethyl adjacent to an activating group) is 1. The summed E-state index contributed by atoms with van der Waals surface area (Å²) in [4.78, 5) is 0. The molecule has 2 aromatic carbocycles. The van der Waals surface area contributed by atoms with Gasteiger partial charge in [-0.15, -0.1) is 0 Å². The van der Waals surface area contributed by atoms with Crippen LogP contribution in [0.2, 0.25) is 0 Å². The van der Waals surface area contributed by atoms with E-state index in [2.05, 4.69) is 53.9 Å². The number of ether oxygens (including phenoxy) is 1. The van der Waals surface area contributed by atoms with E-state index in [9.17, 15) is 0 Å². The highest BCUT2D eigenvalue weighted by atomic mass is 16.5. The zero-order valence-electron chi connectivity index (χ0n) is 11.2. The van der Waals surface area contributed by atoms with E-state index in [1.165, 1.54) is 16.3 Å². The highest BCUT2D eigenvalue weighted by molar-refractivity contribution is 5.83. The molecule has 0 aromatic heterocycles. The minimum Gasteiger partial charge on any atom is -0.496 e. The first-order valence-electron chi connectivity index (χ1n) is 6.87. The topological polar surface area (TPSA) is 21.3 Å². The summed E-state index contributed by atoms with van der Waals surface area (Å²) in [5.74, 6) is 1.06. The molecule has 0 fully saturated rings. The van der Waals surface area contributed by atoms with Crippen molar-refractivity contribution in [1.29, 1.82) is 0 Å². The summed E-state index contributed by atoms with van der Waals surface area (Å²) in [5.41, 5.74) is 1.26. The molecule has 1 aliphatic rings. The average Bonchev–Trinajstić information content (AvgIpc) is 2.49. The molecule has 3 rings (SSSR count). The molecule has 0 radical (unpaired) electrons. The Balaban J connectivity index is 1.98. The lowest BCUT2D eigenvalue weighted by molar-refractivity contribution is 0.169. The molecule has 0 amide bonds. The van der Waals surface area contributed by atoms with E-state index in [1.807, 2.05) is 7.05 Å². The van der Waals surface area contributed by atoms with E-state index in [0.29, 0.717) is 0 Å². The number of allylic oxidation sites excluding steroid dienone is 1. The standard InChI is InChI=1S/C17H19NO/c1-18-17(16-8-4-5-11-19-16)15-10-9-13-6-2-3-7-14(13)12-15/h2-3,6-10,12,17-18H,4-5,11H2,1H3. The van der Waals surface area contributed by atoms with Crippen molar-refractivity contribution in [1.82, 2.24) is 5.32 Å². The first-order chi connectivity index (χ1) is 9.38. The third-order valence-corrected chi connectivity index (χ3v) is 3.64. The molecular weight excluding hydrogens is 234 g/mol. The van der Waals surface area contributed by atoms with Crippen LogP contribution < -0.4 is 5.32 Å². The van der Waals surface area contributed by atoms with E-state index in [1.54, 1.807) is 0 Å². The third kappa shape index (κ3) is 2.49. The van der Waals surface area contributed by atoms with Gasteiger partial charge in [0.1, 0.15) is 5.76 Å². The molecule has 0 aliphatic carbocycles. The van der Waals surface area contributed by atoms with Crippen LogP contribution in [0.15, 0.2) is 54.3 Å². The molecule has 1 atom stereocenters. The molecule has 0 saturated heterocycles. The summed E-state index contributed by atoms with van der Waals surface area (Å²) in [7, 11) is 1.98. The Morgan fingerprint density at radius 1 is 1.11 bits per heavy atom. The van der Waals surface area contributed by atoms with Crippen LogP contribution in [-0.2, 0) is 4.74 Å². The van der Waals surface area contributed by atoms with Crippen molar-refractivity contribution >= 4 is 10.8 Å². The van der Waals surface area contributed by atoms with Crippen molar-refractivity contribution in [3.63, 3.8) is 0 Å². The van der Waals surface area contributed by atoms with Gasteiger partial charge in [0.25, 0.3) is 0 Å². The second-order valence-corrected chi connectivity index (χ2v) is 4.93. The van der Waals surface area contributed by atoms with Crippen molar-refractivity contribution < 1.29 is 4.74 Å². The van der Waals surface area contributed by atoms with Gasteiger partial charge in [-0.1, -0.05) is 36.4 Å². The molecule has 1 N–H and O–H groups in total. The Kier molecular flexibility index (Phi) is 3.51. The van der Waals surface area contributed by atoms with Crippen molar-refractivity contribution in [2.75, 3.05) is 13.7 Å². The van der Waals surface area contributed by atoms with Crippen molar-refractivity contribution in [3.05, 3.63) is 59.9 Å². The first-order valence-corrected chi connectivity index (χ1v) is 6.87. The zero-order valence-corrected chi connectivity index (χ0v) is 11.2. The third-order valence-electron chi connectivity index (χ3n) is 3.64. The van der Waals surface area contributed by atoms with Gasteiger partial charge in [-0.25, -0.2) is 0 Å². The monoisotopic (exact) mass is 253 g/mol. The first kappa shape index (κ1) is 12.2. The van der Waals surface area contributed by atoms with Crippen LogP contribution in [0.4, 0.5) is 0 Å². The predicted octanol–water partition coefficient (Wildman–Crippen LogP) is 3.79. The number of rotatable bonds is 3. The van der Waals surface area contributed by atoms with Crippen LogP contribution in [0.25, 0.3) is 10.8 Å². The van der Waals surface area contributed by atoms with Crippen molar-refractivity contribution in [2.45, 2.75) is 18.9 Å². The highest BCUT2D eigenvalue weighted by Crippen LogP contribution is 2.28. The van der Waals surface area contributed by atoms with Crippen LogP contribution in [0.3, 0.4) is 0 Å². The summed E-state index contributed by atoms with van der Waals surface area (Å²) in [5, 5.41) is 5.91. The highest BCUT2D eigenvalue weighted by Gasteiger charge is 2.18. The van der Waals surface area contributed by atoms with E-state index < -0.39 is 0 Å². The average molecular weight is 253 g/mol. The van der Waals surface area contributed by atoms with Gasteiger partial charge in [-0.05, 0) is 48.4 Å². The summed E-state index contributed by atoms with van der Waals surface area (Å²) in [6, 6.07) is 15.2. The Labute approximate surface area is 114 Å². The predicted molar refractivity (Wildman–Crippen MR) is 79.0 cm³/mol. The lowest BCUT2D eigenvalue weighted by Gasteiger charge is -2.24. The van der Waals surface area contributed by atoms with Gasteiger partial charge in [0.05, 0.1) is 12.6 Å². The number of benzene rings is 2. The van der Waals surface area contributed by atoms with Gasteiger partial charge in [-0.2, -0.15) is 0 Å². The van der Waals surface area contributed by atoms with Crippen molar-refractivity contribution in [2.24, 2.45) is 0 Å². The van der Waals surface area contributed by atoms with Crippen LogP contribution >= 0.6 is 0 Å². The second kappa shape index (κ2) is 5.45. The van der Waals surface area contributed by atoms with Crippen LogP contribution in [0.5, 0.6) is 0 Å². The quantitative estimate of drug-likeness (QED) is 0.898. The van der Waals surface area contributed by atoms with Gasteiger partial charge in [0.2, 0.25) is 0 Å². The summed E-state index contributed by atoms with van der Waals surface area (Å²) in [6.45, 7) is 0.831. The maximum atomic E-state index is 5.80. The maximum Gasteiger partial charge on any atom is 0.113 e. The molecule has 19 heavy (non-hydrogen) atoms. The summed E-state index contributed by atoms with van der Waals surface area (Å²) >= 11 is 0. The van der Waals surface area contributed by atoms with Gasteiger partial charge in [-0.3, -0.25) is 0 Å². The minimum atomic E-state index is 0.157. The molecule has 1 heterocycles.